The third-order valence-corrected chi connectivity index (χ3v) is 3.93. The fraction of sp³-hybridized carbons (Fsp3) is 0.562. The molecule has 3 heteroatoms. The number of ether oxygens (including phenoxy) is 1. The molecule has 2 rings (SSSR count). The van der Waals surface area contributed by atoms with Crippen molar-refractivity contribution >= 4 is 5.91 Å². The summed E-state index contributed by atoms with van der Waals surface area (Å²) in [4.78, 5) is 11.3. The summed E-state index contributed by atoms with van der Waals surface area (Å²) in [5.41, 5.74) is 2.86. The highest BCUT2D eigenvalue weighted by Crippen LogP contribution is 2.35. The second-order valence-corrected chi connectivity index (χ2v) is 5.15. The van der Waals surface area contributed by atoms with Gasteiger partial charge in [-0.15, -0.1) is 0 Å². The molecule has 1 aliphatic carbocycles. The van der Waals surface area contributed by atoms with Crippen molar-refractivity contribution in [3.05, 3.63) is 29.3 Å². The molecule has 3 nitrogen and oxygen atoms in total. The summed E-state index contributed by atoms with van der Waals surface area (Å²) >= 11 is 0. The minimum Gasteiger partial charge on any atom is -0.497 e. The lowest BCUT2D eigenvalue weighted by molar-refractivity contribution is -0.120. The van der Waals surface area contributed by atoms with Crippen molar-refractivity contribution in [3.8, 4) is 5.75 Å². The van der Waals surface area contributed by atoms with E-state index in [4.69, 9.17) is 4.74 Å². The van der Waals surface area contributed by atoms with E-state index in [0.717, 1.165) is 25.1 Å². The maximum Gasteiger partial charge on any atom is 0.219 e. The van der Waals surface area contributed by atoms with Crippen LogP contribution in [0.4, 0.5) is 0 Å². The third-order valence-electron chi connectivity index (χ3n) is 3.93. The van der Waals surface area contributed by atoms with Gasteiger partial charge >= 0.3 is 0 Å². The molecule has 0 spiro atoms. The van der Waals surface area contributed by atoms with E-state index in [-0.39, 0.29) is 5.91 Å². The lowest BCUT2D eigenvalue weighted by atomic mass is 9.81. The smallest absolute Gasteiger partial charge is 0.219 e. The Balaban J connectivity index is 2.02. The molecule has 1 aromatic rings. The Bertz CT molecular complexity index is 442. The normalized spacial score (nSPS) is 17.7. The molecule has 0 saturated carbocycles. The fourth-order valence-electron chi connectivity index (χ4n) is 2.81. The first-order valence-corrected chi connectivity index (χ1v) is 7.18. The highest BCUT2D eigenvalue weighted by molar-refractivity contribution is 5.75. The Hall–Kier alpha value is -1.51. The summed E-state index contributed by atoms with van der Waals surface area (Å²) in [5, 5.41) is 2.97. The van der Waals surface area contributed by atoms with Crippen molar-refractivity contribution in [1.82, 2.24) is 5.32 Å². The van der Waals surface area contributed by atoms with Crippen molar-refractivity contribution in [1.29, 1.82) is 0 Å². The van der Waals surface area contributed by atoms with E-state index in [1.54, 1.807) is 7.11 Å². The topological polar surface area (TPSA) is 38.3 Å². The first kappa shape index (κ1) is 13.9. The second kappa shape index (κ2) is 6.60. The van der Waals surface area contributed by atoms with Gasteiger partial charge in [-0.05, 0) is 54.9 Å². The van der Waals surface area contributed by atoms with Crippen molar-refractivity contribution in [2.24, 2.45) is 0 Å². The number of aryl methyl sites for hydroxylation is 1. The van der Waals surface area contributed by atoms with Crippen LogP contribution in [0.25, 0.3) is 0 Å². The molecule has 0 saturated heterocycles. The van der Waals surface area contributed by atoms with Crippen LogP contribution < -0.4 is 10.1 Å². The Labute approximate surface area is 115 Å². The van der Waals surface area contributed by atoms with E-state index in [0.29, 0.717) is 12.3 Å². The highest BCUT2D eigenvalue weighted by atomic mass is 16.5. The zero-order valence-electron chi connectivity index (χ0n) is 11.9. The average molecular weight is 261 g/mol. The molecule has 1 amide bonds. The van der Waals surface area contributed by atoms with Gasteiger partial charge in [0.15, 0.2) is 0 Å². The Morgan fingerprint density at radius 1 is 1.47 bits per heavy atom. The molecule has 104 valence electrons. The van der Waals surface area contributed by atoms with Gasteiger partial charge < -0.3 is 10.1 Å². The Kier molecular flexibility index (Phi) is 4.83. The molecule has 0 aliphatic heterocycles. The molecule has 1 N–H and O–H groups in total. The van der Waals surface area contributed by atoms with Crippen molar-refractivity contribution in [3.63, 3.8) is 0 Å². The fourth-order valence-corrected chi connectivity index (χ4v) is 2.81. The van der Waals surface area contributed by atoms with Gasteiger partial charge in [0.25, 0.3) is 0 Å². The van der Waals surface area contributed by atoms with E-state index in [1.165, 1.54) is 24.0 Å². The van der Waals surface area contributed by atoms with E-state index < -0.39 is 0 Å². The van der Waals surface area contributed by atoms with Crippen LogP contribution in [0.2, 0.25) is 0 Å². The third kappa shape index (κ3) is 3.49. The monoisotopic (exact) mass is 261 g/mol. The molecule has 1 aliphatic rings. The predicted molar refractivity (Wildman–Crippen MR) is 76.6 cm³/mol. The molecule has 0 aromatic heterocycles. The van der Waals surface area contributed by atoms with Crippen LogP contribution >= 0.6 is 0 Å². The van der Waals surface area contributed by atoms with Gasteiger partial charge in [-0.1, -0.05) is 13.0 Å². The van der Waals surface area contributed by atoms with Crippen LogP contribution in [-0.2, 0) is 11.2 Å². The molecule has 1 atom stereocenters. The summed E-state index contributed by atoms with van der Waals surface area (Å²) < 4.78 is 5.32. The van der Waals surface area contributed by atoms with Crippen LogP contribution in [-0.4, -0.2) is 19.6 Å². The number of benzene rings is 1. The maximum absolute atomic E-state index is 11.3. The average Bonchev–Trinajstić information content (AvgIpc) is 2.46. The largest absolute Gasteiger partial charge is 0.497 e. The van der Waals surface area contributed by atoms with Gasteiger partial charge in [0, 0.05) is 13.0 Å². The van der Waals surface area contributed by atoms with E-state index in [9.17, 15) is 4.79 Å². The van der Waals surface area contributed by atoms with Crippen LogP contribution in [0.5, 0.6) is 5.75 Å². The number of fused-ring (bicyclic) bond motifs is 1. The lowest BCUT2D eigenvalue weighted by Crippen LogP contribution is -2.25. The minimum atomic E-state index is 0.140. The summed E-state index contributed by atoms with van der Waals surface area (Å²) in [5.74, 6) is 1.63. The summed E-state index contributed by atoms with van der Waals surface area (Å²) in [6.45, 7) is 2.66. The van der Waals surface area contributed by atoms with Crippen molar-refractivity contribution in [2.45, 2.75) is 44.9 Å². The van der Waals surface area contributed by atoms with Crippen LogP contribution in [0.3, 0.4) is 0 Å². The molecule has 1 unspecified atom stereocenters. The van der Waals surface area contributed by atoms with E-state index in [1.807, 2.05) is 13.0 Å². The summed E-state index contributed by atoms with van der Waals surface area (Å²) in [6.07, 6.45) is 5.20. The number of hydrogen-bond donors (Lipinski definition) is 1. The number of carbonyl (C=O) groups is 1. The number of amides is 1. The highest BCUT2D eigenvalue weighted by Gasteiger charge is 2.20. The predicted octanol–water partition coefficient (Wildman–Crippen LogP) is 3.03. The van der Waals surface area contributed by atoms with Gasteiger partial charge in [0.05, 0.1) is 7.11 Å². The zero-order valence-corrected chi connectivity index (χ0v) is 11.9. The molecule has 0 heterocycles. The van der Waals surface area contributed by atoms with E-state index >= 15 is 0 Å². The molecule has 0 radical (unpaired) electrons. The minimum absolute atomic E-state index is 0.140. The lowest BCUT2D eigenvalue weighted by Gasteiger charge is -2.26. The number of carbonyl (C=O) groups excluding carboxylic acids is 1. The Morgan fingerprint density at radius 3 is 3.05 bits per heavy atom. The number of nitrogens with one attached hydrogen (secondary N) is 1. The quantitative estimate of drug-likeness (QED) is 0.884. The van der Waals surface area contributed by atoms with Gasteiger partial charge in [0.2, 0.25) is 5.91 Å². The molecule has 1 aromatic carbocycles. The molecular formula is C16H23NO2. The van der Waals surface area contributed by atoms with Crippen LogP contribution in [0.1, 0.15) is 49.7 Å². The molecular weight excluding hydrogens is 238 g/mol. The SMILES string of the molecule is CCC(=O)NCCC1CCCc2ccc(OC)cc21. The van der Waals surface area contributed by atoms with Crippen molar-refractivity contribution in [2.75, 3.05) is 13.7 Å². The van der Waals surface area contributed by atoms with E-state index in [2.05, 4.69) is 17.4 Å². The first-order valence-electron chi connectivity index (χ1n) is 7.18. The molecule has 19 heavy (non-hydrogen) atoms. The first-order chi connectivity index (χ1) is 9.24. The van der Waals surface area contributed by atoms with Crippen LogP contribution in [0.15, 0.2) is 18.2 Å². The second-order valence-electron chi connectivity index (χ2n) is 5.15. The van der Waals surface area contributed by atoms with Gasteiger partial charge in [-0.3, -0.25) is 4.79 Å². The van der Waals surface area contributed by atoms with Gasteiger partial charge in [0.1, 0.15) is 5.75 Å². The summed E-state index contributed by atoms with van der Waals surface area (Å²) in [7, 11) is 1.71. The number of hydrogen-bond acceptors (Lipinski definition) is 2. The van der Waals surface area contributed by atoms with Gasteiger partial charge in [-0.25, -0.2) is 0 Å². The molecule has 0 bridgehead atoms. The number of methoxy groups -OCH3 is 1. The standard InChI is InChI=1S/C16H23NO2/c1-3-16(18)17-10-9-13-6-4-5-12-7-8-14(19-2)11-15(12)13/h7-8,11,13H,3-6,9-10H2,1-2H3,(H,17,18). The number of rotatable bonds is 5. The van der Waals surface area contributed by atoms with Crippen molar-refractivity contribution < 1.29 is 9.53 Å². The molecule has 0 fully saturated rings. The van der Waals surface area contributed by atoms with Crippen LogP contribution in [0, 0.1) is 0 Å². The summed E-state index contributed by atoms with van der Waals surface area (Å²) in [6, 6.07) is 6.39. The maximum atomic E-state index is 11.3. The van der Waals surface area contributed by atoms with Gasteiger partial charge in [-0.2, -0.15) is 0 Å². The Morgan fingerprint density at radius 2 is 2.32 bits per heavy atom. The zero-order chi connectivity index (χ0) is 13.7.